The van der Waals surface area contributed by atoms with Gasteiger partial charge < -0.3 is 16.2 Å². The highest BCUT2D eigenvalue weighted by atomic mass is 16.5. The van der Waals surface area contributed by atoms with Crippen LogP contribution >= 0.6 is 0 Å². The molecule has 5 N–H and O–H groups in total. The van der Waals surface area contributed by atoms with Crippen LogP contribution in [0.1, 0.15) is 13.3 Å². The van der Waals surface area contributed by atoms with Gasteiger partial charge in [-0.05, 0) is 6.92 Å². The second-order valence-electron chi connectivity index (χ2n) is 2.49. The molecule has 3 amide bonds. The maximum atomic E-state index is 11.0. The van der Waals surface area contributed by atoms with E-state index in [9.17, 15) is 14.4 Å². The number of carbonyl (C=O) groups excluding carboxylic acids is 3. The molecule has 7 nitrogen and oxygen atoms in total. The maximum absolute atomic E-state index is 11.0. The number of primary amides is 1. The minimum atomic E-state index is -1.13. The minimum Gasteiger partial charge on any atom is -0.450 e. The van der Waals surface area contributed by atoms with Crippen molar-refractivity contribution in [3.63, 3.8) is 0 Å². The van der Waals surface area contributed by atoms with Crippen molar-refractivity contribution < 1.29 is 19.1 Å². The van der Waals surface area contributed by atoms with Crippen molar-refractivity contribution in [2.45, 2.75) is 19.4 Å². The van der Waals surface area contributed by atoms with Crippen LogP contribution in [0.25, 0.3) is 0 Å². The number of amides is 3. The predicted molar refractivity (Wildman–Crippen MR) is 47.0 cm³/mol. The zero-order valence-electron chi connectivity index (χ0n) is 7.78. The molecular formula is C7H13N3O4. The molecule has 80 valence electrons. The summed E-state index contributed by atoms with van der Waals surface area (Å²) in [6.07, 6.45) is -1.21. The van der Waals surface area contributed by atoms with Gasteiger partial charge in [0.25, 0.3) is 0 Å². The number of nitrogens with one attached hydrogen (secondary N) is 1. The van der Waals surface area contributed by atoms with Gasteiger partial charge in [0, 0.05) is 0 Å². The Kier molecular flexibility index (Phi) is 5.23. The van der Waals surface area contributed by atoms with Crippen molar-refractivity contribution in [3.8, 4) is 0 Å². The Balaban J connectivity index is 3.95. The molecule has 0 aliphatic heterocycles. The molecule has 0 aromatic heterocycles. The Hall–Kier alpha value is -1.63. The molecule has 7 heteroatoms. The van der Waals surface area contributed by atoms with Gasteiger partial charge in [0.15, 0.2) is 0 Å². The Morgan fingerprint density at radius 1 is 1.43 bits per heavy atom. The van der Waals surface area contributed by atoms with Crippen LogP contribution < -0.4 is 16.8 Å². The molecular weight excluding hydrogens is 190 g/mol. The molecule has 1 atom stereocenters. The lowest BCUT2D eigenvalue weighted by Gasteiger charge is -2.08. The van der Waals surface area contributed by atoms with Crippen LogP contribution in [-0.2, 0) is 14.3 Å². The molecule has 0 bridgehead atoms. The lowest BCUT2D eigenvalue weighted by molar-refractivity contribution is -0.125. The van der Waals surface area contributed by atoms with E-state index in [1.54, 1.807) is 6.92 Å². The Bertz CT molecular complexity index is 241. The van der Waals surface area contributed by atoms with E-state index in [0.717, 1.165) is 0 Å². The van der Waals surface area contributed by atoms with Gasteiger partial charge in [-0.2, -0.15) is 0 Å². The topological polar surface area (TPSA) is 125 Å². The van der Waals surface area contributed by atoms with E-state index >= 15 is 0 Å². The Morgan fingerprint density at radius 2 is 2.00 bits per heavy atom. The second-order valence-corrected chi connectivity index (χ2v) is 2.49. The summed E-state index contributed by atoms with van der Waals surface area (Å²) in [5.41, 5.74) is 10.0. The van der Waals surface area contributed by atoms with E-state index < -0.39 is 23.9 Å². The number of carbonyl (C=O) groups is 3. The highest BCUT2D eigenvalue weighted by Crippen LogP contribution is 1.87. The largest absolute Gasteiger partial charge is 0.450 e. The van der Waals surface area contributed by atoms with Crippen LogP contribution in [0.15, 0.2) is 0 Å². The first-order valence-corrected chi connectivity index (χ1v) is 3.98. The summed E-state index contributed by atoms with van der Waals surface area (Å²) in [6, 6.07) is -1.13. The van der Waals surface area contributed by atoms with Crippen LogP contribution in [0.3, 0.4) is 0 Å². The quantitative estimate of drug-likeness (QED) is 0.510. The molecule has 0 aliphatic carbocycles. The van der Waals surface area contributed by atoms with E-state index in [1.165, 1.54) is 0 Å². The zero-order valence-corrected chi connectivity index (χ0v) is 7.78. The molecule has 0 saturated carbocycles. The Morgan fingerprint density at radius 3 is 2.43 bits per heavy atom. The number of hydrogen-bond acceptors (Lipinski definition) is 5. The predicted octanol–water partition coefficient (Wildman–Crippen LogP) is -1.54. The highest BCUT2D eigenvalue weighted by Gasteiger charge is 2.18. The van der Waals surface area contributed by atoms with Crippen molar-refractivity contribution >= 4 is 17.9 Å². The van der Waals surface area contributed by atoms with Crippen molar-refractivity contribution in [3.05, 3.63) is 0 Å². The lowest BCUT2D eigenvalue weighted by atomic mass is 10.2. The van der Waals surface area contributed by atoms with Crippen molar-refractivity contribution in [2.24, 2.45) is 11.5 Å². The fourth-order valence-electron chi connectivity index (χ4n) is 0.670. The van der Waals surface area contributed by atoms with Gasteiger partial charge in [0.1, 0.15) is 0 Å². The lowest BCUT2D eigenvalue weighted by Crippen LogP contribution is -2.45. The molecule has 0 aliphatic rings. The number of rotatable bonds is 4. The van der Waals surface area contributed by atoms with Crippen LogP contribution in [0.5, 0.6) is 0 Å². The summed E-state index contributed by atoms with van der Waals surface area (Å²) >= 11 is 0. The van der Waals surface area contributed by atoms with Gasteiger partial charge in [-0.15, -0.1) is 0 Å². The van der Waals surface area contributed by atoms with Crippen LogP contribution in [0, 0.1) is 0 Å². The molecule has 0 unspecified atom stereocenters. The number of imide groups is 1. The summed E-state index contributed by atoms with van der Waals surface area (Å²) in [5.74, 6) is -1.50. The molecule has 0 spiro atoms. The SMILES string of the molecule is CCOC(=O)NC(=O)[C@@H](N)CC(N)=O. The number of alkyl carbamates (subject to hydrolysis) is 1. The number of nitrogens with two attached hydrogens (primary N) is 2. The smallest absolute Gasteiger partial charge is 0.413 e. The van der Waals surface area contributed by atoms with Crippen molar-refractivity contribution in [2.75, 3.05) is 6.61 Å². The van der Waals surface area contributed by atoms with Crippen LogP contribution in [0.4, 0.5) is 4.79 Å². The third-order valence-corrected chi connectivity index (χ3v) is 1.26. The van der Waals surface area contributed by atoms with Gasteiger partial charge in [0.05, 0.1) is 19.1 Å². The molecule has 0 saturated heterocycles. The molecule has 0 rings (SSSR count). The Labute approximate surface area is 80.8 Å². The van der Waals surface area contributed by atoms with E-state index in [-0.39, 0.29) is 13.0 Å². The maximum Gasteiger partial charge on any atom is 0.413 e. The number of ether oxygens (including phenoxy) is 1. The van der Waals surface area contributed by atoms with Gasteiger partial charge >= 0.3 is 6.09 Å². The normalized spacial score (nSPS) is 11.6. The average molecular weight is 203 g/mol. The standard InChI is InChI=1S/C7H13N3O4/c1-2-14-7(13)10-6(12)4(8)3-5(9)11/h4H,2-3,8H2,1H3,(H2,9,11)(H,10,12,13)/t4-/m0/s1. The van der Waals surface area contributed by atoms with Crippen LogP contribution in [-0.4, -0.2) is 30.6 Å². The fraction of sp³-hybridized carbons (Fsp3) is 0.571. The van der Waals surface area contributed by atoms with Crippen molar-refractivity contribution in [1.82, 2.24) is 5.32 Å². The molecule has 0 aromatic rings. The van der Waals surface area contributed by atoms with E-state index in [1.807, 2.05) is 5.32 Å². The molecule has 0 fully saturated rings. The van der Waals surface area contributed by atoms with Crippen LogP contribution in [0.2, 0.25) is 0 Å². The summed E-state index contributed by atoms with van der Waals surface area (Å²) in [4.78, 5) is 32.1. The van der Waals surface area contributed by atoms with E-state index in [2.05, 4.69) is 4.74 Å². The molecule has 0 heterocycles. The van der Waals surface area contributed by atoms with Gasteiger partial charge in [-0.1, -0.05) is 0 Å². The van der Waals surface area contributed by atoms with Gasteiger partial charge in [0.2, 0.25) is 11.8 Å². The summed E-state index contributed by atoms with van der Waals surface area (Å²) in [6.45, 7) is 1.73. The first-order valence-electron chi connectivity index (χ1n) is 3.98. The number of hydrogen-bond donors (Lipinski definition) is 3. The zero-order chi connectivity index (χ0) is 11.1. The van der Waals surface area contributed by atoms with E-state index in [0.29, 0.717) is 0 Å². The van der Waals surface area contributed by atoms with Gasteiger partial charge in [-0.3, -0.25) is 14.9 Å². The highest BCUT2D eigenvalue weighted by molar-refractivity contribution is 5.96. The fourth-order valence-corrected chi connectivity index (χ4v) is 0.670. The average Bonchev–Trinajstić information content (AvgIpc) is 2.02. The monoisotopic (exact) mass is 203 g/mol. The molecule has 0 radical (unpaired) electrons. The minimum absolute atomic E-state index is 0.143. The van der Waals surface area contributed by atoms with Gasteiger partial charge in [-0.25, -0.2) is 4.79 Å². The summed E-state index contributed by atoms with van der Waals surface area (Å²) in [7, 11) is 0. The first-order chi connectivity index (χ1) is 6.47. The molecule has 0 aromatic carbocycles. The first kappa shape index (κ1) is 12.4. The third kappa shape index (κ3) is 5.09. The molecule has 14 heavy (non-hydrogen) atoms. The summed E-state index contributed by atoms with van der Waals surface area (Å²) < 4.78 is 4.43. The third-order valence-electron chi connectivity index (χ3n) is 1.26. The van der Waals surface area contributed by atoms with E-state index in [4.69, 9.17) is 11.5 Å². The summed E-state index contributed by atoms with van der Waals surface area (Å²) in [5, 5.41) is 1.85. The van der Waals surface area contributed by atoms with Crippen molar-refractivity contribution in [1.29, 1.82) is 0 Å². The second kappa shape index (κ2) is 5.92.